The number of nitrogen functional groups attached to an aromatic ring is 1. The third-order valence-corrected chi connectivity index (χ3v) is 4.32. The second kappa shape index (κ2) is 4.62. The van der Waals surface area contributed by atoms with Crippen LogP contribution in [0.1, 0.15) is 19.4 Å². The molecule has 1 amide bonds. The van der Waals surface area contributed by atoms with E-state index in [0.29, 0.717) is 12.4 Å². The summed E-state index contributed by atoms with van der Waals surface area (Å²) in [6.07, 6.45) is 2.62. The van der Waals surface area contributed by atoms with Gasteiger partial charge in [-0.05, 0) is 35.1 Å². The predicted molar refractivity (Wildman–Crippen MR) is 80.6 cm³/mol. The summed E-state index contributed by atoms with van der Waals surface area (Å²) in [5.41, 5.74) is 6.90. The Morgan fingerprint density at radius 2 is 2.37 bits per heavy atom. The van der Waals surface area contributed by atoms with Crippen molar-refractivity contribution in [1.82, 2.24) is 19.7 Å². The fourth-order valence-corrected chi connectivity index (χ4v) is 3.36. The molecule has 2 N–H and O–H groups in total. The fourth-order valence-electron chi connectivity index (χ4n) is 2.57. The van der Waals surface area contributed by atoms with Crippen molar-refractivity contribution in [2.45, 2.75) is 19.4 Å². The highest BCUT2D eigenvalue weighted by Gasteiger charge is 2.28. The average Bonchev–Trinajstić information content (AvgIpc) is 2.95. The molecule has 1 aliphatic rings. The molecule has 1 fully saturated rings. The topological polar surface area (TPSA) is 77.0 Å². The Bertz CT molecular complexity index is 653. The molecule has 0 unspecified atom stereocenters. The molecule has 100 valence electrons. The summed E-state index contributed by atoms with van der Waals surface area (Å²) in [5, 5.41) is 5.48. The number of pyridine rings is 1. The summed E-state index contributed by atoms with van der Waals surface area (Å²) in [6, 6.07) is 2.15. The molecule has 0 bridgehead atoms. The molecule has 1 aliphatic heterocycles. The van der Waals surface area contributed by atoms with E-state index in [1.54, 1.807) is 13.1 Å². The molecule has 0 saturated carbocycles. The van der Waals surface area contributed by atoms with Gasteiger partial charge in [0.1, 0.15) is 9.52 Å². The maximum Gasteiger partial charge on any atom is 0.219 e. The number of hydrogen-bond donors (Lipinski definition) is 1. The zero-order valence-electron chi connectivity index (χ0n) is 10.5. The highest BCUT2D eigenvalue weighted by molar-refractivity contribution is 14.1. The Balaban J connectivity index is 2.03. The molecule has 0 spiro atoms. The van der Waals surface area contributed by atoms with Gasteiger partial charge in [0.25, 0.3) is 0 Å². The number of carbonyl (C=O) groups is 1. The van der Waals surface area contributed by atoms with E-state index in [-0.39, 0.29) is 11.9 Å². The van der Waals surface area contributed by atoms with E-state index in [1.807, 2.05) is 15.6 Å². The van der Waals surface area contributed by atoms with E-state index in [1.165, 1.54) is 0 Å². The second-order valence-electron chi connectivity index (χ2n) is 4.73. The molecule has 19 heavy (non-hydrogen) atoms. The first-order valence-corrected chi connectivity index (χ1v) is 7.19. The number of likely N-dealkylation sites (tertiary alicyclic amines) is 1. The number of carbonyl (C=O) groups excluding carboxylic acids is 1. The van der Waals surface area contributed by atoms with E-state index in [0.717, 1.165) is 27.6 Å². The normalized spacial score (nSPS) is 19.3. The molecule has 7 heteroatoms. The van der Waals surface area contributed by atoms with Crippen LogP contribution in [0.5, 0.6) is 0 Å². The van der Waals surface area contributed by atoms with Crippen molar-refractivity contribution < 1.29 is 4.79 Å². The van der Waals surface area contributed by atoms with Crippen molar-refractivity contribution in [1.29, 1.82) is 0 Å². The highest BCUT2D eigenvalue weighted by Crippen LogP contribution is 2.30. The molecular formula is C12H14IN5O. The number of hydrogen-bond acceptors (Lipinski definition) is 4. The standard InChI is InChI=1S/C12H14IN5O/c1-7(19)17-5-3-8(6-17)18-9-2-4-15-12(14)10(9)11(13)16-18/h2,4,8H,3,5-6H2,1H3,(H2,14,15)/t8-/m0/s1. The van der Waals surface area contributed by atoms with E-state index in [2.05, 4.69) is 32.7 Å². The SMILES string of the molecule is CC(=O)N1CC[C@H](n2nc(I)c3c(N)nccc32)C1. The molecule has 3 rings (SSSR count). The minimum absolute atomic E-state index is 0.120. The van der Waals surface area contributed by atoms with Gasteiger partial charge in [-0.3, -0.25) is 9.48 Å². The van der Waals surface area contributed by atoms with Crippen molar-refractivity contribution in [3.63, 3.8) is 0 Å². The van der Waals surface area contributed by atoms with E-state index < -0.39 is 0 Å². The predicted octanol–water partition coefficient (Wildman–Crippen LogP) is 1.41. The average molecular weight is 371 g/mol. The van der Waals surface area contributed by atoms with E-state index in [4.69, 9.17) is 5.73 Å². The van der Waals surface area contributed by atoms with E-state index in [9.17, 15) is 4.79 Å². The van der Waals surface area contributed by atoms with Crippen LogP contribution in [0.15, 0.2) is 12.3 Å². The van der Waals surface area contributed by atoms with Crippen LogP contribution in [0.25, 0.3) is 10.9 Å². The molecule has 2 aromatic heterocycles. The number of nitrogens with two attached hydrogens (primary N) is 1. The van der Waals surface area contributed by atoms with Crippen LogP contribution in [-0.4, -0.2) is 38.7 Å². The molecular weight excluding hydrogens is 357 g/mol. The Morgan fingerprint density at radius 3 is 3.05 bits per heavy atom. The quantitative estimate of drug-likeness (QED) is 0.770. The number of nitrogens with zero attached hydrogens (tertiary/aromatic N) is 4. The van der Waals surface area contributed by atoms with Crippen molar-refractivity contribution in [3.8, 4) is 0 Å². The lowest BCUT2D eigenvalue weighted by molar-refractivity contribution is -0.127. The van der Waals surface area contributed by atoms with Gasteiger partial charge < -0.3 is 10.6 Å². The highest BCUT2D eigenvalue weighted by atomic mass is 127. The zero-order chi connectivity index (χ0) is 13.6. The number of rotatable bonds is 1. The Labute approximate surface area is 124 Å². The van der Waals surface area contributed by atoms with Gasteiger partial charge in [0.05, 0.1) is 16.9 Å². The molecule has 1 atom stereocenters. The third-order valence-electron chi connectivity index (χ3n) is 3.56. The van der Waals surface area contributed by atoms with Gasteiger partial charge in [0.15, 0.2) is 0 Å². The summed E-state index contributed by atoms with van der Waals surface area (Å²) >= 11 is 2.18. The van der Waals surface area contributed by atoms with Gasteiger partial charge in [-0.15, -0.1) is 0 Å². The number of aromatic nitrogens is 3. The van der Waals surface area contributed by atoms with Crippen LogP contribution >= 0.6 is 22.6 Å². The first kappa shape index (κ1) is 12.6. The lowest BCUT2D eigenvalue weighted by atomic mass is 10.2. The van der Waals surface area contributed by atoms with Crippen molar-refractivity contribution in [2.24, 2.45) is 0 Å². The third kappa shape index (κ3) is 2.05. The Morgan fingerprint density at radius 1 is 1.58 bits per heavy atom. The van der Waals surface area contributed by atoms with Crippen LogP contribution in [0, 0.1) is 3.70 Å². The lowest BCUT2D eigenvalue weighted by Crippen LogP contribution is -2.26. The first-order valence-electron chi connectivity index (χ1n) is 6.11. The minimum atomic E-state index is 0.120. The molecule has 0 aliphatic carbocycles. The monoisotopic (exact) mass is 371 g/mol. The smallest absolute Gasteiger partial charge is 0.219 e. The van der Waals surface area contributed by atoms with Gasteiger partial charge in [-0.1, -0.05) is 0 Å². The zero-order valence-corrected chi connectivity index (χ0v) is 12.7. The van der Waals surface area contributed by atoms with Gasteiger partial charge >= 0.3 is 0 Å². The minimum Gasteiger partial charge on any atom is -0.383 e. The summed E-state index contributed by atoms with van der Waals surface area (Å²) in [5.74, 6) is 0.629. The van der Waals surface area contributed by atoms with Crippen molar-refractivity contribution in [3.05, 3.63) is 16.0 Å². The molecule has 1 saturated heterocycles. The fraction of sp³-hybridized carbons (Fsp3) is 0.417. The lowest BCUT2D eigenvalue weighted by Gasteiger charge is -2.14. The van der Waals surface area contributed by atoms with Gasteiger partial charge in [-0.2, -0.15) is 5.10 Å². The summed E-state index contributed by atoms with van der Waals surface area (Å²) in [6.45, 7) is 3.11. The second-order valence-corrected chi connectivity index (χ2v) is 5.76. The molecule has 0 aromatic carbocycles. The van der Waals surface area contributed by atoms with Crippen LogP contribution in [-0.2, 0) is 4.79 Å². The summed E-state index contributed by atoms with van der Waals surface area (Å²) in [7, 11) is 0. The first-order chi connectivity index (χ1) is 9.08. The van der Waals surface area contributed by atoms with Crippen LogP contribution < -0.4 is 5.73 Å². The van der Waals surface area contributed by atoms with E-state index >= 15 is 0 Å². The van der Waals surface area contributed by atoms with Gasteiger partial charge in [0, 0.05) is 26.2 Å². The maximum absolute atomic E-state index is 11.4. The van der Waals surface area contributed by atoms with Crippen LogP contribution in [0.3, 0.4) is 0 Å². The van der Waals surface area contributed by atoms with Crippen LogP contribution in [0.4, 0.5) is 5.82 Å². The van der Waals surface area contributed by atoms with Gasteiger partial charge in [-0.25, -0.2) is 4.98 Å². The molecule has 3 heterocycles. The number of anilines is 1. The van der Waals surface area contributed by atoms with Crippen molar-refractivity contribution in [2.75, 3.05) is 18.8 Å². The Kier molecular flexibility index (Phi) is 3.08. The molecule has 2 aromatic rings. The maximum atomic E-state index is 11.4. The van der Waals surface area contributed by atoms with Crippen LogP contribution in [0.2, 0.25) is 0 Å². The summed E-state index contributed by atoms with van der Waals surface area (Å²) in [4.78, 5) is 17.4. The largest absolute Gasteiger partial charge is 0.383 e. The number of halogens is 1. The molecule has 0 radical (unpaired) electrons. The molecule has 6 nitrogen and oxygen atoms in total. The number of amides is 1. The van der Waals surface area contributed by atoms with Crippen molar-refractivity contribution >= 4 is 45.2 Å². The Hall–Kier alpha value is -1.38. The van der Waals surface area contributed by atoms with Gasteiger partial charge in [0.2, 0.25) is 5.91 Å². The number of fused-ring (bicyclic) bond motifs is 1. The summed E-state index contributed by atoms with van der Waals surface area (Å²) < 4.78 is 2.84.